The van der Waals surface area contributed by atoms with Gasteiger partial charge < -0.3 is 49.6 Å². The van der Waals surface area contributed by atoms with Crippen LogP contribution in [0, 0.1) is 45.3 Å². The molecule has 0 aromatic carbocycles. The molecular weight excluding hydrogens is 676 g/mol. The molecule has 6 aliphatic rings. The van der Waals surface area contributed by atoms with E-state index in [0.717, 1.165) is 38.5 Å². The third-order valence-corrected chi connectivity index (χ3v) is 15.9. The summed E-state index contributed by atoms with van der Waals surface area (Å²) >= 11 is 0. The monoisotopic (exact) mass is 749 g/mol. The zero-order valence-electron chi connectivity index (χ0n) is 33.6. The van der Waals surface area contributed by atoms with E-state index in [1.54, 1.807) is 13.8 Å². The summed E-state index contributed by atoms with van der Waals surface area (Å²) in [4.78, 5) is 0. The van der Waals surface area contributed by atoms with Crippen molar-refractivity contribution >= 4 is 0 Å². The van der Waals surface area contributed by atoms with Crippen LogP contribution in [-0.4, -0.2) is 105 Å². The summed E-state index contributed by atoms with van der Waals surface area (Å²) in [5.41, 5.74) is 0.530. The van der Waals surface area contributed by atoms with Crippen LogP contribution in [0.1, 0.15) is 126 Å². The van der Waals surface area contributed by atoms with E-state index in [4.69, 9.17) is 18.9 Å². The van der Waals surface area contributed by atoms with Gasteiger partial charge in [-0.2, -0.15) is 0 Å². The number of fused-ring (bicyclic) bond motifs is 5. The SMILES string of the molecule is C=C[C@@]12CCC([C@H](C)CC[C@@H](O[C@H]3C[C@@H](O)C[C@@H](CO[C@H]4O[C@H](CO)[C@@H](O)C[C@H]4O)O3)C(C)(C)O)[C@@]1(C)CC[C@@]1(C)C3CC[C@H](O)C(C)(C)C3=CCC12. The van der Waals surface area contributed by atoms with Crippen LogP contribution in [0.4, 0.5) is 0 Å². The minimum absolute atomic E-state index is 0.0267. The van der Waals surface area contributed by atoms with Crippen LogP contribution >= 0.6 is 0 Å². The Morgan fingerprint density at radius 1 is 0.962 bits per heavy atom. The van der Waals surface area contributed by atoms with E-state index in [1.807, 2.05) is 0 Å². The molecule has 0 spiro atoms. The van der Waals surface area contributed by atoms with Crippen LogP contribution in [0.25, 0.3) is 0 Å². The molecule has 16 atom stereocenters. The van der Waals surface area contributed by atoms with E-state index in [-0.39, 0.29) is 47.2 Å². The lowest BCUT2D eigenvalue weighted by Gasteiger charge is -2.66. The van der Waals surface area contributed by atoms with Crippen molar-refractivity contribution < 1.29 is 49.6 Å². The zero-order chi connectivity index (χ0) is 38.7. The van der Waals surface area contributed by atoms with Gasteiger partial charge in [0.15, 0.2) is 12.6 Å². The lowest BCUT2D eigenvalue weighted by molar-refractivity contribution is -0.296. The Kier molecular flexibility index (Phi) is 12.2. The van der Waals surface area contributed by atoms with Gasteiger partial charge >= 0.3 is 0 Å². The number of ether oxygens (including phenoxy) is 4. The second-order valence-electron chi connectivity index (χ2n) is 19.7. The van der Waals surface area contributed by atoms with Gasteiger partial charge in [-0.3, -0.25) is 0 Å². The highest BCUT2D eigenvalue weighted by atomic mass is 16.7. The van der Waals surface area contributed by atoms with Crippen LogP contribution in [0.15, 0.2) is 24.3 Å². The average Bonchev–Trinajstić information content (AvgIpc) is 3.40. The summed E-state index contributed by atoms with van der Waals surface area (Å²) in [7, 11) is 0. The Balaban J connectivity index is 1.10. The molecule has 5 fully saturated rings. The van der Waals surface area contributed by atoms with Crippen LogP contribution < -0.4 is 0 Å². The molecule has 0 bridgehead atoms. The Morgan fingerprint density at radius 3 is 2.38 bits per heavy atom. The van der Waals surface area contributed by atoms with E-state index in [0.29, 0.717) is 36.5 Å². The molecule has 2 saturated heterocycles. The number of hydrogen-bond acceptors (Lipinski definition) is 10. The van der Waals surface area contributed by atoms with Crippen molar-refractivity contribution in [2.75, 3.05) is 13.2 Å². The van der Waals surface area contributed by atoms with Gasteiger partial charge in [0.1, 0.15) is 12.2 Å². The first-order valence-electron chi connectivity index (χ1n) is 20.8. The normalized spacial score (nSPS) is 46.7. The second kappa shape index (κ2) is 15.4. The first-order valence-corrected chi connectivity index (χ1v) is 20.8. The lowest BCUT2D eigenvalue weighted by Crippen LogP contribution is -2.59. The van der Waals surface area contributed by atoms with Crippen molar-refractivity contribution in [3.63, 3.8) is 0 Å². The molecule has 53 heavy (non-hydrogen) atoms. The van der Waals surface area contributed by atoms with Crippen LogP contribution in [0.3, 0.4) is 0 Å². The molecular formula is C43H72O10. The fourth-order valence-electron chi connectivity index (χ4n) is 12.6. The molecule has 4 aliphatic carbocycles. The predicted molar refractivity (Wildman–Crippen MR) is 201 cm³/mol. The number of aliphatic hydroxyl groups is 6. The van der Waals surface area contributed by atoms with Crippen molar-refractivity contribution in [2.24, 2.45) is 45.3 Å². The van der Waals surface area contributed by atoms with E-state index in [2.05, 4.69) is 53.3 Å². The molecule has 0 radical (unpaired) electrons. The number of rotatable bonds is 12. The van der Waals surface area contributed by atoms with Crippen molar-refractivity contribution in [3.8, 4) is 0 Å². The summed E-state index contributed by atoms with van der Waals surface area (Å²) in [6.07, 6.45) is 8.02. The molecule has 3 saturated carbocycles. The largest absolute Gasteiger partial charge is 0.394 e. The molecule has 6 rings (SSSR count). The van der Waals surface area contributed by atoms with Crippen LogP contribution in [0.2, 0.25) is 0 Å². The maximum atomic E-state index is 11.3. The first kappa shape index (κ1) is 41.7. The van der Waals surface area contributed by atoms with E-state index >= 15 is 0 Å². The van der Waals surface area contributed by atoms with E-state index < -0.39 is 61.4 Å². The van der Waals surface area contributed by atoms with Crippen molar-refractivity contribution in [1.29, 1.82) is 0 Å². The zero-order valence-corrected chi connectivity index (χ0v) is 33.6. The third-order valence-electron chi connectivity index (χ3n) is 15.9. The highest BCUT2D eigenvalue weighted by Gasteiger charge is 2.68. The number of aliphatic hydroxyl groups excluding tert-OH is 5. The molecule has 304 valence electrons. The Labute approximate surface area is 318 Å². The van der Waals surface area contributed by atoms with Crippen molar-refractivity contribution in [3.05, 3.63) is 24.3 Å². The number of hydrogen-bond donors (Lipinski definition) is 6. The quantitative estimate of drug-likeness (QED) is 0.143. The molecule has 10 nitrogen and oxygen atoms in total. The Morgan fingerprint density at radius 2 is 1.70 bits per heavy atom. The molecule has 2 aliphatic heterocycles. The molecule has 2 heterocycles. The molecule has 3 unspecified atom stereocenters. The van der Waals surface area contributed by atoms with Crippen molar-refractivity contribution in [2.45, 2.75) is 186 Å². The van der Waals surface area contributed by atoms with Crippen LogP contribution in [0.5, 0.6) is 0 Å². The van der Waals surface area contributed by atoms with Gasteiger partial charge in [-0.1, -0.05) is 52.3 Å². The van der Waals surface area contributed by atoms with Gasteiger partial charge in [-0.15, -0.1) is 6.58 Å². The highest BCUT2D eigenvalue weighted by molar-refractivity contribution is 5.32. The standard InChI is InChI=1S/C43H72O10/c1-9-43-17-16-28(42(43,8)19-18-41(7)30-12-14-35(48)39(3,4)29(30)11-13-34(41)43)25(2)10-15-36(40(5,6)49)53-37-21-26(45)20-27(51-37)24-50-38-32(47)22-31(46)33(23-44)52-38/h9,11,25-28,30-38,44-49H,1,10,12-24H2,2-8H3/t25-,26+,27+,28?,30?,31+,32-,33-,34?,35+,36-,37+,38+,41+,42-,43+/m1/s1. The van der Waals surface area contributed by atoms with Gasteiger partial charge in [0.25, 0.3) is 0 Å². The summed E-state index contributed by atoms with van der Waals surface area (Å²) in [6, 6.07) is 0. The molecule has 0 aromatic heterocycles. The molecule has 0 amide bonds. The fourth-order valence-corrected chi connectivity index (χ4v) is 12.6. The number of allylic oxidation sites excluding steroid dienone is 2. The average molecular weight is 749 g/mol. The predicted octanol–water partition coefficient (Wildman–Crippen LogP) is 5.40. The highest BCUT2D eigenvalue weighted by Crippen LogP contribution is 2.75. The van der Waals surface area contributed by atoms with Gasteiger partial charge in [-0.25, -0.2) is 0 Å². The molecule has 10 heteroatoms. The van der Waals surface area contributed by atoms with Crippen molar-refractivity contribution in [1.82, 2.24) is 0 Å². The minimum atomic E-state index is -1.14. The maximum Gasteiger partial charge on any atom is 0.184 e. The third kappa shape index (κ3) is 7.50. The summed E-state index contributed by atoms with van der Waals surface area (Å²) in [5.74, 6) is 1.95. The first-order chi connectivity index (χ1) is 24.8. The lowest BCUT2D eigenvalue weighted by atomic mass is 9.38. The summed E-state index contributed by atoms with van der Waals surface area (Å²) in [6.45, 7) is 19.7. The Hall–Kier alpha value is -0.920. The van der Waals surface area contributed by atoms with Gasteiger partial charge in [0.05, 0.1) is 49.3 Å². The van der Waals surface area contributed by atoms with Gasteiger partial charge in [0, 0.05) is 24.7 Å². The molecule has 0 aromatic rings. The smallest absolute Gasteiger partial charge is 0.184 e. The second-order valence-corrected chi connectivity index (χ2v) is 19.7. The van der Waals surface area contributed by atoms with Gasteiger partial charge in [0.2, 0.25) is 0 Å². The summed E-state index contributed by atoms with van der Waals surface area (Å²) in [5, 5.41) is 62.9. The van der Waals surface area contributed by atoms with Crippen LogP contribution in [-0.2, 0) is 18.9 Å². The molecule has 6 N–H and O–H groups in total. The van der Waals surface area contributed by atoms with E-state index in [9.17, 15) is 30.6 Å². The summed E-state index contributed by atoms with van der Waals surface area (Å²) < 4.78 is 24.1. The topological polar surface area (TPSA) is 158 Å². The maximum absolute atomic E-state index is 11.3. The van der Waals surface area contributed by atoms with E-state index in [1.165, 1.54) is 18.4 Å². The van der Waals surface area contributed by atoms with Gasteiger partial charge in [-0.05, 0) is 112 Å². The Bertz CT molecular complexity index is 1310. The minimum Gasteiger partial charge on any atom is -0.394 e. The fraction of sp³-hybridized carbons (Fsp3) is 0.907.